The van der Waals surface area contributed by atoms with Crippen LogP contribution in [-0.2, 0) is 134 Å². The zero-order chi connectivity index (χ0) is 86.9. The molecule has 0 bridgehead atoms. The molecule has 46 nitrogen and oxygen atoms in total. The number of aromatic nitrogens is 6. The molecular formula is C71H113N13O33P4. The Labute approximate surface area is 700 Å². The molecule has 5 atom stereocenters. The number of carbonyl (C=O) groups is 2. The van der Waals surface area contributed by atoms with E-state index in [2.05, 4.69) is 60.8 Å². The van der Waals surface area contributed by atoms with Crippen molar-refractivity contribution in [2.75, 3.05) is 237 Å². The maximum atomic E-state index is 13.5. The summed E-state index contributed by atoms with van der Waals surface area (Å²) in [7, 11) is -10.8. The molecule has 5 aromatic rings. The van der Waals surface area contributed by atoms with E-state index in [9.17, 15) is 52.5 Å². The predicted octanol–water partition coefficient (Wildman–Crippen LogP) is 6.46. The summed E-state index contributed by atoms with van der Waals surface area (Å²) in [4.78, 5) is 67.7. The number of anilines is 1. The molecule has 0 saturated heterocycles. The lowest BCUT2D eigenvalue weighted by Gasteiger charge is -2.18. The van der Waals surface area contributed by atoms with Gasteiger partial charge < -0.3 is 107 Å². The van der Waals surface area contributed by atoms with Crippen molar-refractivity contribution in [2.24, 2.45) is 34.6 Å². The van der Waals surface area contributed by atoms with Gasteiger partial charge in [0.05, 0.1) is 214 Å². The third-order valence-corrected chi connectivity index (χ3v) is 19.4. The number of ether oxygens (including phenoxy) is 14. The van der Waals surface area contributed by atoms with E-state index in [0.29, 0.717) is 106 Å². The zero-order valence-electron chi connectivity index (χ0n) is 68.2. The molecule has 680 valence electrons. The van der Waals surface area contributed by atoms with Gasteiger partial charge in [-0.05, 0) is 86.0 Å². The number of amides is 2. The number of benzene rings is 3. The van der Waals surface area contributed by atoms with Crippen LogP contribution in [0.2, 0.25) is 0 Å². The number of nitrogens with one attached hydrogen (secondary N) is 2. The number of hydrogen-bond donors (Lipinski definition) is 7. The zero-order valence-corrected chi connectivity index (χ0v) is 71.8. The van der Waals surface area contributed by atoms with Crippen molar-refractivity contribution in [3.63, 3.8) is 0 Å². The molecule has 0 spiro atoms. The number of hydrogen-bond acceptors (Lipinski definition) is 38. The highest BCUT2D eigenvalue weighted by atomic mass is 31.2. The fraction of sp³-hybridized carbons (Fsp3) is 0.634. The van der Waals surface area contributed by atoms with Crippen LogP contribution < -0.4 is 29.7 Å². The molecule has 0 aliphatic carbocycles. The first kappa shape index (κ1) is 103. The van der Waals surface area contributed by atoms with Crippen LogP contribution in [0.4, 0.5) is 17.1 Å². The van der Waals surface area contributed by atoms with Gasteiger partial charge in [-0.25, -0.2) is 18.3 Å². The second-order valence-corrected chi connectivity index (χ2v) is 31.4. The Balaban J connectivity index is 0.618. The molecular weight excluding hydrogens is 1690 g/mol. The van der Waals surface area contributed by atoms with E-state index in [1.54, 1.807) is 72.3 Å². The van der Waals surface area contributed by atoms with E-state index in [1.165, 1.54) is 0 Å². The Morgan fingerprint density at radius 3 is 1.25 bits per heavy atom. The van der Waals surface area contributed by atoms with E-state index in [-0.39, 0.29) is 213 Å². The van der Waals surface area contributed by atoms with E-state index in [1.807, 2.05) is 49.3 Å². The van der Waals surface area contributed by atoms with Gasteiger partial charge in [0.25, 0.3) is 11.8 Å². The Morgan fingerprint density at radius 1 is 0.446 bits per heavy atom. The molecule has 7 N–H and O–H groups in total. The summed E-state index contributed by atoms with van der Waals surface area (Å²) < 4.78 is 168. The van der Waals surface area contributed by atoms with Crippen molar-refractivity contribution in [2.45, 2.75) is 51.4 Å². The summed E-state index contributed by atoms with van der Waals surface area (Å²) in [6.07, 6.45) is 6.75. The van der Waals surface area contributed by atoms with E-state index >= 15 is 0 Å². The first-order valence-electron chi connectivity index (χ1n) is 38.6. The van der Waals surface area contributed by atoms with Crippen LogP contribution in [0.3, 0.4) is 0 Å². The molecule has 3 aromatic carbocycles. The van der Waals surface area contributed by atoms with Gasteiger partial charge in [0, 0.05) is 64.7 Å². The van der Waals surface area contributed by atoms with Crippen molar-refractivity contribution in [3.05, 3.63) is 107 Å². The summed E-state index contributed by atoms with van der Waals surface area (Å²) in [5.74, 6) is 0.00838. The van der Waals surface area contributed by atoms with Crippen LogP contribution in [0.15, 0.2) is 105 Å². The number of nitrogens with zero attached hydrogens (tertiary/aromatic N) is 11. The number of carbonyl (C=O) groups excluding carboxylic acids is 2. The lowest BCUT2D eigenvalue weighted by Crippen LogP contribution is -2.26. The average Bonchev–Trinajstić information content (AvgIpc) is 1.43. The number of aliphatic hydroxyl groups excluding tert-OH is 1. The second kappa shape index (κ2) is 60.5. The van der Waals surface area contributed by atoms with Crippen LogP contribution in [0.25, 0.3) is 0 Å². The molecule has 50 heteroatoms. The first-order chi connectivity index (χ1) is 58.4. The molecule has 121 heavy (non-hydrogen) atoms. The van der Waals surface area contributed by atoms with Crippen LogP contribution in [0.5, 0.6) is 17.2 Å². The minimum atomic E-state index is -4.83. The van der Waals surface area contributed by atoms with E-state index < -0.39 is 50.8 Å². The highest BCUT2D eigenvalue weighted by Gasteiger charge is 2.29. The lowest BCUT2D eigenvalue weighted by molar-refractivity contribution is -0.0179. The maximum absolute atomic E-state index is 13.5. The third-order valence-electron chi connectivity index (χ3n) is 15.5. The molecule has 6 rings (SSSR count). The summed E-state index contributed by atoms with van der Waals surface area (Å²) in [5, 5.41) is 48.4. The maximum Gasteiger partial charge on any atom is 0.474 e. The molecule has 0 fully saturated rings. The standard InChI is InChI=1S/C71H113N13O33P4/c1-82(2)65-16-14-61(15-17-65)77-76-60-12-10-58(11-13-60)70(86)73-20-9-22-106-55-66(85)56-115-121(94,95)117-57-116-120(92,93)114-47-43-105-39-35-101-31-27-97-26-30-100-34-38-104-42-46-113-119(90,91)112-45-41-103-37-33-99-29-25-96-24-28-98-32-36-102-40-44-111-118(88,89)110-23-8-6-5-7-19-72-71(87)59-48-67(107-53-63-50-83(3)80-78-63)69(109-52-62-18-21-74-75-62)68(49-59)108-54-64-51-84(4)81-79-64/h10-18,48-51,66,85H,5-9,19-47,52-57H2,1-4H3,(H,72,87)(H,73,86)(H,88,89)(H,90,91)(H,92,93)(H,94,95). The Bertz CT molecular complexity index is 3920. The van der Waals surface area contributed by atoms with Crippen LogP contribution in [0.1, 0.15) is 64.2 Å². The number of aryl methyl sites for hydroxylation is 2. The number of azo groups is 2. The van der Waals surface area contributed by atoms with Crippen molar-refractivity contribution in [1.29, 1.82) is 0 Å². The van der Waals surface area contributed by atoms with Gasteiger partial charge in [0.15, 0.2) is 18.3 Å². The molecule has 1 aliphatic rings. The van der Waals surface area contributed by atoms with E-state index in [0.717, 1.165) is 5.69 Å². The van der Waals surface area contributed by atoms with Gasteiger partial charge in [0.1, 0.15) is 37.3 Å². The molecule has 3 heterocycles. The minimum Gasteiger partial charge on any atom is -0.483 e. The summed E-state index contributed by atoms with van der Waals surface area (Å²) in [6.45, 7) is 2.04. The van der Waals surface area contributed by atoms with Gasteiger partial charge >= 0.3 is 31.3 Å². The summed E-state index contributed by atoms with van der Waals surface area (Å²) in [6, 6.07) is 17.3. The van der Waals surface area contributed by atoms with Gasteiger partial charge in [-0.1, -0.05) is 23.3 Å². The Hall–Kier alpha value is -7.02. The molecule has 2 aromatic heterocycles. The van der Waals surface area contributed by atoms with Gasteiger partial charge in [-0.3, -0.25) is 55.1 Å². The number of phosphoric acid groups is 4. The third kappa shape index (κ3) is 48.7. The predicted molar refractivity (Wildman–Crippen MR) is 427 cm³/mol. The van der Waals surface area contributed by atoms with E-state index in [4.69, 9.17) is 93.5 Å². The lowest BCUT2D eigenvalue weighted by atomic mass is 10.1. The van der Waals surface area contributed by atoms with Crippen molar-refractivity contribution < 1.29 is 155 Å². The van der Waals surface area contributed by atoms with Crippen LogP contribution in [0, 0.1) is 0 Å². The number of unbranched alkanes of at least 4 members (excludes halogenated alkanes) is 3. The largest absolute Gasteiger partial charge is 0.483 e. The molecule has 0 saturated carbocycles. The number of phosphoric ester groups is 4. The van der Waals surface area contributed by atoms with Gasteiger partial charge in [-0.15, -0.1) is 10.2 Å². The number of rotatable bonds is 75. The van der Waals surface area contributed by atoms with Gasteiger partial charge in [-0.2, -0.15) is 20.5 Å². The molecule has 2 amide bonds. The first-order valence-corrected chi connectivity index (χ1v) is 44.6. The second-order valence-electron chi connectivity index (χ2n) is 25.6. The highest BCUT2D eigenvalue weighted by Crippen LogP contribution is 2.48. The van der Waals surface area contributed by atoms with Gasteiger partial charge in [0.2, 0.25) is 5.75 Å². The number of aliphatic hydroxyl groups is 1. The minimum absolute atomic E-state index is 0.00668. The Kier molecular flexibility index (Phi) is 51.4. The van der Waals surface area contributed by atoms with Crippen molar-refractivity contribution >= 4 is 60.2 Å². The topological polar surface area (TPSA) is 545 Å². The summed E-state index contributed by atoms with van der Waals surface area (Å²) >= 11 is 0. The molecule has 5 unspecified atom stereocenters. The smallest absolute Gasteiger partial charge is 0.474 e. The Morgan fingerprint density at radius 2 is 0.835 bits per heavy atom. The average molecular weight is 1800 g/mol. The van der Waals surface area contributed by atoms with Crippen molar-refractivity contribution in [3.8, 4) is 17.2 Å². The highest BCUT2D eigenvalue weighted by molar-refractivity contribution is 7.48. The molecule has 0 radical (unpaired) electrons. The van der Waals surface area contributed by atoms with Crippen molar-refractivity contribution in [1.82, 2.24) is 40.6 Å². The quantitative estimate of drug-likeness (QED) is 0.00950. The normalized spacial score (nSPS) is 14.5. The molecule has 1 aliphatic heterocycles. The fourth-order valence-corrected chi connectivity index (χ4v) is 12.3. The fourth-order valence-electron chi connectivity index (χ4n) is 9.56. The van der Waals surface area contributed by atoms with Crippen LogP contribution in [-0.4, -0.2) is 305 Å². The monoisotopic (exact) mass is 1800 g/mol. The SMILES string of the molecule is CN(C)c1ccc(N=Nc2ccc(C(=O)NCCCOCC(O)COP(=O)(O)OCOP(=O)(O)OCCOCCOCCOCCOCCOCCOP(=O)(O)OCCOCCOCCOCCOCCOCCOP(=O)(O)OCCCCCCNC(=O)c3cc(OCc4cn(C)nn4)c(OCC4=CCN=N4)c(OCc4cn(C)nn4)c3)cc2)cc1. The summed E-state index contributed by atoms with van der Waals surface area (Å²) in [5.41, 5.74) is 4.69. The van der Waals surface area contributed by atoms with Crippen LogP contribution >= 0.6 is 31.3 Å².